The molecule has 0 radical (unpaired) electrons. The SMILES string of the molecule is COCCN(CC(=O)Nc1ccc(CN2CCOCC2)cc1)Cc1ccccc1. The van der Waals surface area contributed by atoms with Gasteiger partial charge < -0.3 is 14.8 Å². The molecule has 0 bridgehead atoms. The van der Waals surface area contributed by atoms with Gasteiger partial charge in [0.05, 0.1) is 26.4 Å². The molecule has 1 fully saturated rings. The molecule has 156 valence electrons. The van der Waals surface area contributed by atoms with E-state index in [1.165, 1.54) is 11.1 Å². The predicted molar refractivity (Wildman–Crippen MR) is 115 cm³/mol. The smallest absolute Gasteiger partial charge is 0.238 e. The van der Waals surface area contributed by atoms with E-state index >= 15 is 0 Å². The summed E-state index contributed by atoms with van der Waals surface area (Å²) in [6, 6.07) is 18.3. The van der Waals surface area contributed by atoms with E-state index in [2.05, 4.69) is 39.4 Å². The van der Waals surface area contributed by atoms with Crippen molar-refractivity contribution in [2.75, 3.05) is 58.4 Å². The molecular formula is C23H31N3O3. The summed E-state index contributed by atoms with van der Waals surface area (Å²) in [5.74, 6) is -0.0158. The third kappa shape index (κ3) is 7.59. The summed E-state index contributed by atoms with van der Waals surface area (Å²) in [5, 5.41) is 3.01. The van der Waals surface area contributed by atoms with Crippen LogP contribution in [0.2, 0.25) is 0 Å². The van der Waals surface area contributed by atoms with Gasteiger partial charge in [0.15, 0.2) is 0 Å². The van der Waals surface area contributed by atoms with E-state index in [1.807, 2.05) is 30.3 Å². The van der Waals surface area contributed by atoms with Crippen LogP contribution < -0.4 is 5.32 Å². The summed E-state index contributed by atoms with van der Waals surface area (Å²) in [5.41, 5.74) is 3.26. The zero-order chi connectivity index (χ0) is 20.3. The van der Waals surface area contributed by atoms with Crippen molar-refractivity contribution in [2.45, 2.75) is 13.1 Å². The minimum atomic E-state index is -0.0158. The second-order valence-electron chi connectivity index (χ2n) is 7.32. The van der Waals surface area contributed by atoms with Crippen molar-refractivity contribution in [1.82, 2.24) is 9.80 Å². The molecule has 1 aliphatic heterocycles. The molecule has 1 heterocycles. The normalized spacial score (nSPS) is 14.8. The van der Waals surface area contributed by atoms with E-state index in [4.69, 9.17) is 9.47 Å². The van der Waals surface area contributed by atoms with Crippen LogP contribution in [0.4, 0.5) is 5.69 Å². The first-order valence-corrected chi connectivity index (χ1v) is 10.2. The monoisotopic (exact) mass is 397 g/mol. The van der Waals surface area contributed by atoms with Gasteiger partial charge in [0.2, 0.25) is 5.91 Å². The number of ether oxygens (including phenoxy) is 2. The van der Waals surface area contributed by atoms with Gasteiger partial charge in [-0.05, 0) is 23.3 Å². The Labute approximate surface area is 173 Å². The fraction of sp³-hybridized carbons (Fsp3) is 0.435. The quantitative estimate of drug-likeness (QED) is 0.668. The molecule has 0 aromatic heterocycles. The Morgan fingerprint density at radius 3 is 2.48 bits per heavy atom. The molecule has 6 heteroatoms. The lowest BCUT2D eigenvalue weighted by Crippen LogP contribution is -2.35. The maximum atomic E-state index is 12.6. The maximum absolute atomic E-state index is 12.6. The highest BCUT2D eigenvalue weighted by molar-refractivity contribution is 5.92. The average Bonchev–Trinajstić information content (AvgIpc) is 2.75. The Morgan fingerprint density at radius 2 is 1.79 bits per heavy atom. The van der Waals surface area contributed by atoms with Crippen LogP contribution in [0.1, 0.15) is 11.1 Å². The number of methoxy groups -OCH3 is 1. The molecule has 0 unspecified atom stereocenters. The van der Waals surface area contributed by atoms with E-state index < -0.39 is 0 Å². The van der Waals surface area contributed by atoms with Crippen LogP contribution in [0.25, 0.3) is 0 Å². The number of hydrogen-bond donors (Lipinski definition) is 1. The molecule has 1 amide bonds. The molecule has 0 saturated carbocycles. The van der Waals surface area contributed by atoms with E-state index in [1.54, 1.807) is 7.11 Å². The molecule has 1 saturated heterocycles. The lowest BCUT2D eigenvalue weighted by Gasteiger charge is -2.26. The van der Waals surface area contributed by atoms with Crippen molar-refractivity contribution in [3.63, 3.8) is 0 Å². The Morgan fingerprint density at radius 1 is 1.07 bits per heavy atom. The van der Waals surface area contributed by atoms with Crippen molar-refractivity contribution < 1.29 is 14.3 Å². The average molecular weight is 398 g/mol. The number of rotatable bonds is 10. The topological polar surface area (TPSA) is 54.0 Å². The molecule has 1 aliphatic rings. The van der Waals surface area contributed by atoms with Crippen LogP contribution in [-0.4, -0.2) is 68.8 Å². The number of nitrogens with zero attached hydrogens (tertiary/aromatic N) is 2. The molecular weight excluding hydrogens is 366 g/mol. The first-order chi connectivity index (χ1) is 14.2. The molecule has 0 aliphatic carbocycles. The van der Waals surface area contributed by atoms with Crippen LogP contribution in [0.3, 0.4) is 0 Å². The summed E-state index contributed by atoms with van der Waals surface area (Å²) >= 11 is 0. The number of hydrogen-bond acceptors (Lipinski definition) is 5. The minimum Gasteiger partial charge on any atom is -0.383 e. The van der Waals surface area contributed by atoms with Crippen LogP contribution in [0.15, 0.2) is 54.6 Å². The summed E-state index contributed by atoms with van der Waals surface area (Å²) in [6.45, 7) is 6.80. The molecule has 0 atom stereocenters. The van der Waals surface area contributed by atoms with Crippen LogP contribution >= 0.6 is 0 Å². The summed E-state index contributed by atoms with van der Waals surface area (Å²) in [6.07, 6.45) is 0. The zero-order valence-corrected chi connectivity index (χ0v) is 17.2. The van der Waals surface area contributed by atoms with E-state index in [0.29, 0.717) is 19.7 Å². The standard InChI is InChI=1S/C23H31N3O3/c1-28-14-11-26(18-20-5-3-2-4-6-20)19-23(27)24-22-9-7-21(8-10-22)17-25-12-15-29-16-13-25/h2-10H,11-19H2,1H3,(H,24,27). The zero-order valence-electron chi connectivity index (χ0n) is 17.2. The number of benzene rings is 2. The highest BCUT2D eigenvalue weighted by Gasteiger charge is 2.13. The van der Waals surface area contributed by atoms with Crippen molar-refractivity contribution in [1.29, 1.82) is 0 Å². The number of carbonyl (C=O) groups is 1. The van der Waals surface area contributed by atoms with Gasteiger partial charge in [-0.1, -0.05) is 42.5 Å². The second kappa shape index (κ2) is 11.7. The third-order valence-electron chi connectivity index (χ3n) is 4.98. The molecule has 2 aromatic rings. The fourth-order valence-electron chi connectivity index (χ4n) is 3.39. The largest absolute Gasteiger partial charge is 0.383 e. The number of anilines is 1. The molecule has 1 N–H and O–H groups in total. The number of nitrogens with one attached hydrogen (secondary N) is 1. The number of amides is 1. The third-order valence-corrected chi connectivity index (χ3v) is 4.98. The lowest BCUT2D eigenvalue weighted by atomic mass is 10.2. The molecule has 2 aromatic carbocycles. The van der Waals surface area contributed by atoms with Crippen molar-refractivity contribution >= 4 is 11.6 Å². The maximum Gasteiger partial charge on any atom is 0.238 e. The fourth-order valence-corrected chi connectivity index (χ4v) is 3.39. The Balaban J connectivity index is 1.50. The van der Waals surface area contributed by atoms with Gasteiger partial charge in [0.1, 0.15) is 0 Å². The lowest BCUT2D eigenvalue weighted by molar-refractivity contribution is -0.117. The van der Waals surface area contributed by atoms with Crippen LogP contribution in [0, 0.1) is 0 Å². The van der Waals surface area contributed by atoms with E-state index in [0.717, 1.165) is 45.1 Å². The highest BCUT2D eigenvalue weighted by Crippen LogP contribution is 2.13. The van der Waals surface area contributed by atoms with E-state index in [-0.39, 0.29) is 5.91 Å². The first kappa shape index (κ1) is 21.5. The Kier molecular flexibility index (Phi) is 8.64. The highest BCUT2D eigenvalue weighted by atomic mass is 16.5. The molecule has 6 nitrogen and oxygen atoms in total. The van der Waals surface area contributed by atoms with Gasteiger partial charge in [0.25, 0.3) is 0 Å². The molecule has 0 spiro atoms. The van der Waals surface area contributed by atoms with Gasteiger partial charge in [-0.2, -0.15) is 0 Å². The van der Waals surface area contributed by atoms with Crippen molar-refractivity contribution in [2.24, 2.45) is 0 Å². The summed E-state index contributed by atoms with van der Waals surface area (Å²) < 4.78 is 10.6. The van der Waals surface area contributed by atoms with Gasteiger partial charge >= 0.3 is 0 Å². The number of morpholine rings is 1. The predicted octanol–water partition coefficient (Wildman–Crippen LogP) is 2.61. The van der Waals surface area contributed by atoms with Crippen LogP contribution in [-0.2, 0) is 27.4 Å². The summed E-state index contributed by atoms with van der Waals surface area (Å²) in [4.78, 5) is 17.0. The molecule has 29 heavy (non-hydrogen) atoms. The Bertz CT molecular complexity index is 731. The Hall–Kier alpha value is -2.25. The van der Waals surface area contributed by atoms with Gasteiger partial charge in [0, 0.05) is 45.5 Å². The molecule has 3 rings (SSSR count). The number of carbonyl (C=O) groups excluding carboxylic acids is 1. The minimum absolute atomic E-state index is 0.0158. The van der Waals surface area contributed by atoms with Gasteiger partial charge in [-0.15, -0.1) is 0 Å². The van der Waals surface area contributed by atoms with Gasteiger partial charge in [-0.3, -0.25) is 14.6 Å². The second-order valence-corrected chi connectivity index (χ2v) is 7.32. The van der Waals surface area contributed by atoms with Crippen molar-refractivity contribution in [3.05, 3.63) is 65.7 Å². The van der Waals surface area contributed by atoms with Crippen molar-refractivity contribution in [3.8, 4) is 0 Å². The summed E-state index contributed by atoms with van der Waals surface area (Å²) in [7, 11) is 1.68. The van der Waals surface area contributed by atoms with Crippen LogP contribution in [0.5, 0.6) is 0 Å². The van der Waals surface area contributed by atoms with Gasteiger partial charge in [-0.25, -0.2) is 0 Å². The van der Waals surface area contributed by atoms with E-state index in [9.17, 15) is 4.79 Å². The first-order valence-electron chi connectivity index (χ1n) is 10.2.